The summed E-state index contributed by atoms with van der Waals surface area (Å²) >= 11 is 0. The van der Waals surface area contributed by atoms with E-state index in [0.29, 0.717) is 16.6 Å². The molecule has 0 saturated carbocycles. The summed E-state index contributed by atoms with van der Waals surface area (Å²) in [6, 6.07) is 10.1. The second-order valence-electron chi connectivity index (χ2n) is 3.92. The Balaban J connectivity index is 2.57. The zero-order valence-corrected chi connectivity index (χ0v) is 9.64. The van der Waals surface area contributed by atoms with E-state index < -0.39 is 0 Å². The smallest absolute Gasteiger partial charge is 0.204 e. The number of para-hydroxylation sites is 1. The summed E-state index contributed by atoms with van der Waals surface area (Å²) < 4.78 is 10.6. The van der Waals surface area contributed by atoms with Crippen LogP contribution in [0.1, 0.15) is 0 Å². The molecular formula is C14H10O4. The Bertz CT molecular complexity index is 802. The zero-order valence-electron chi connectivity index (χ0n) is 9.64. The van der Waals surface area contributed by atoms with Gasteiger partial charge in [0.25, 0.3) is 0 Å². The maximum atomic E-state index is 12.3. The normalized spacial score (nSPS) is 10.9. The van der Waals surface area contributed by atoms with Gasteiger partial charge in [0.15, 0.2) is 11.5 Å². The summed E-state index contributed by atoms with van der Waals surface area (Å²) in [6.45, 7) is 0. The fraction of sp³-hybridized carbons (Fsp3) is 0.0714. The lowest BCUT2D eigenvalue weighted by Crippen LogP contribution is -2.02. The number of fused-ring (bicyclic) bond motifs is 2. The topological polar surface area (TPSA) is 59.7 Å². The standard InChI is InChI=1S/C14H10O4/c1-17-11-7-6-10-12(14(11)16)13(15)8-4-2-3-5-9(8)18-10/h2-7,16H,1H3. The molecule has 1 heterocycles. The van der Waals surface area contributed by atoms with Gasteiger partial charge in [0.05, 0.1) is 12.5 Å². The Hall–Kier alpha value is -2.49. The number of hydrogen-bond donors (Lipinski definition) is 1. The first-order valence-corrected chi connectivity index (χ1v) is 5.44. The van der Waals surface area contributed by atoms with Crippen molar-refractivity contribution < 1.29 is 14.3 Å². The number of hydrogen-bond acceptors (Lipinski definition) is 4. The summed E-state index contributed by atoms with van der Waals surface area (Å²) in [7, 11) is 1.43. The molecule has 0 spiro atoms. The van der Waals surface area contributed by atoms with Crippen LogP contribution in [0.15, 0.2) is 45.6 Å². The average Bonchev–Trinajstić information content (AvgIpc) is 2.39. The van der Waals surface area contributed by atoms with Crippen molar-refractivity contribution in [1.82, 2.24) is 0 Å². The molecule has 0 radical (unpaired) electrons. The van der Waals surface area contributed by atoms with Crippen LogP contribution in [0.4, 0.5) is 0 Å². The number of ether oxygens (including phenoxy) is 1. The Morgan fingerprint density at radius 1 is 1.11 bits per heavy atom. The van der Waals surface area contributed by atoms with Crippen LogP contribution >= 0.6 is 0 Å². The van der Waals surface area contributed by atoms with Gasteiger partial charge in [0, 0.05) is 0 Å². The van der Waals surface area contributed by atoms with Crippen LogP contribution in [-0.4, -0.2) is 12.2 Å². The van der Waals surface area contributed by atoms with Gasteiger partial charge in [-0.15, -0.1) is 0 Å². The second-order valence-corrected chi connectivity index (χ2v) is 3.92. The first-order chi connectivity index (χ1) is 8.72. The second kappa shape index (κ2) is 3.77. The molecule has 90 valence electrons. The molecule has 0 unspecified atom stereocenters. The molecule has 3 aromatic rings. The molecule has 4 nitrogen and oxygen atoms in total. The predicted octanol–water partition coefficient (Wildman–Crippen LogP) is 2.66. The van der Waals surface area contributed by atoms with Crippen LogP contribution in [0.3, 0.4) is 0 Å². The molecule has 0 aliphatic heterocycles. The minimum atomic E-state index is -0.261. The SMILES string of the molecule is COc1ccc2oc3ccccc3c(=O)c2c1O. The summed E-state index contributed by atoms with van der Waals surface area (Å²) in [6.07, 6.45) is 0. The number of benzene rings is 2. The Morgan fingerprint density at radius 3 is 2.67 bits per heavy atom. The van der Waals surface area contributed by atoms with Crippen LogP contribution in [0.25, 0.3) is 21.9 Å². The van der Waals surface area contributed by atoms with Gasteiger partial charge in [0.2, 0.25) is 5.43 Å². The van der Waals surface area contributed by atoms with Crippen molar-refractivity contribution in [2.45, 2.75) is 0 Å². The maximum Gasteiger partial charge on any atom is 0.204 e. The highest BCUT2D eigenvalue weighted by Gasteiger charge is 2.14. The molecule has 0 amide bonds. The van der Waals surface area contributed by atoms with Gasteiger partial charge in [-0.2, -0.15) is 0 Å². The van der Waals surface area contributed by atoms with Gasteiger partial charge in [-0.1, -0.05) is 12.1 Å². The van der Waals surface area contributed by atoms with Crippen LogP contribution in [0.5, 0.6) is 11.5 Å². The third-order valence-corrected chi connectivity index (χ3v) is 2.90. The Labute approximate surface area is 102 Å². The maximum absolute atomic E-state index is 12.3. The molecule has 2 aromatic carbocycles. The van der Waals surface area contributed by atoms with Crippen molar-refractivity contribution in [2.24, 2.45) is 0 Å². The molecule has 18 heavy (non-hydrogen) atoms. The summed E-state index contributed by atoms with van der Waals surface area (Å²) in [5.41, 5.74) is 0.583. The Morgan fingerprint density at radius 2 is 1.89 bits per heavy atom. The van der Waals surface area contributed by atoms with Crippen molar-refractivity contribution in [3.05, 3.63) is 46.6 Å². The van der Waals surface area contributed by atoms with E-state index in [-0.39, 0.29) is 22.3 Å². The van der Waals surface area contributed by atoms with Gasteiger partial charge >= 0.3 is 0 Å². The Kier molecular flexibility index (Phi) is 2.23. The van der Waals surface area contributed by atoms with Gasteiger partial charge in [-0.3, -0.25) is 4.79 Å². The van der Waals surface area contributed by atoms with E-state index in [9.17, 15) is 9.90 Å². The van der Waals surface area contributed by atoms with Gasteiger partial charge in [-0.05, 0) is 24.3 Å². The molecule has 0 atom stereocenters. The molecule has 0 saturated heterocycles. The summed E-state index contributed by atoms with van der Waals surface area (Å²) in [5, 5.41) is 10.6. The monoisotopic (exact) mass is 242 g/mol. The number of methoxy groups -OCH3 is 1. The fourth-order valence-corrected chi connectivity index (χ4v) is 2.02. The van der Waals surface area contributed by atoms with Crippen LogP contribution in [0, 0.1) is 0 Å². The lowest BCUT2D eigenvalue weighted by atomic mass is 10.1. The number of phenolic OH excluding ortho intramolecular Hbond substituents is 1. The predicted molar refractivity (Wildman–Crippen MR) is 68.2 cm³/mol. The molecule has 0 aliphatic rings. The van der Waals surface area contributed by atoms with Gasteiger partial charge in [-0.25, -0.2) is 0 Å². The van der Waals surface area contributed by atoms with Crippen LogP contribution < -0.4 is 10.2 Å². The van der Waals surface area contributed by atoms with E-state index >= 15 is 0 Å². The molecule has 3 rings (SSSR count). The minimum absolute atomic E-state index is 0.146. The van der Waals surface area contributed by atoms with Gasteiger partial charge in [0.1, 0.15) is 16.6 Å². The molecular weight excluding hydrogens is 232 g/mol. The molecule has 0 bridgehead atoms. The molecule has 0 fully saturated rings. The van der Waals surface area contributed by atoms with E-state index in [1.807, 2.05) is 0 Å². The first-order valence-electron chi connectivity index (χ1n) is 5.44. The highest BCUT2D eigenvalue weighted by Crippen LogP contribution is 2.33. The van der Waals surface area contributed by atoms with Crippen molar-refractivity contribution >= 4 is 21.9 Å². The molecule has 1 aromatic heterocycles. The fourth-order valence-electron chi connectivity index (χ4n) is 2.02. The number of rotatable bonds is 1. The van der Waals surface area contributed by atoms with E-state index in [4.69, 9.17) is 9.15 Å². The van der Waals surface area contributed by atoms with E-state index in [1.54, 1.807) is 36.4 Å². The summed E-state index contributed by atoms with van der Waals surface area (Å²) in [5.74, 6) is 0.0691. The first kappa shape index (κ1) is 10.7. The van der Waals surface area contributed by atoms with Crippen molar-refractivity contribution in [1.29, 1.82) is 0 Å². The highest BCUT2D eigenvalue weighted by molar-refractivity contribution is 5.94. The number of aromatic hydroxyl groups is 1. The largest absolute Gasteiger partial charge is 0.504 e. The van der Waals surface area contributed by atoms with E-state index in [2.05, 4.69) is 0 Å². The third kappa shape index (κ3) is 1.35. The lowest BCUT2D eigenvalue weighted by molar-refractivity contribution is 0.376. The minimum Gasteiger partial charge on any atom is -0.504 e. The third-order valence-electron chi connectivity index (χ3n) is 2.90. The van der Waals surface area contributed by atoms with E-state index in [1.165, 1.54) is 7.11 Å². The lowest BCUT2D eigenvalue weighted by Gasteiger charge is -2.06. The van der Waals surface area contributed by atoms with Gasteiger partial charge < -0.3 is 14.3 Å². The highest BCUT2D eigenvalue weighted by atomic mass is 16.5. The van der Waals surface area contributed by atoms with Crippen molar-refractivity contribution in [2.75, 3.05) is 7.11 Å². The van der Waals surface area contributed by atoms with Crippen molar-refractivity contribution in [3.8, 4) is 11.5 Å². The zero-order chi connectivity index (χ0) is 12.7. The molecule has 4 heteroatoms. The molecule has 0 aliphatic carbocycles. The quantitative estimate of drug-likeness (QED) is 0.666. The number of phenols is 1. The van der Waals surface area contributed by atoms with Crippen molar-refractivity contribution in [3.63, 3.8) is 0 Å². The average molecular weight is 242 g/mol. The van der Waals surface area contributed by atoms with E-state index in [0.717, 1.165) is 0 Å². The molecule has 1 N–H and O–H groups in total. The van der Waals surface area contributed by atoms with Crippen LogP contribution in [-0.2, 0) is 0 Å². The van der Waals surface area contributed by atoms with Crippen LogP contribution in [0.2, 0.25) is 0 Å². The summed E-state index contributed by atoms with van der Waals surface area (Å²) in [4.78, 5) is 12.3.